The molecule has 3 aromatic carbocycles. The summed E-state index contributed by atoms with van der Waals surface area (Å²) in [4.78, 5) is 86.5. The van der Waals surface area contributed by atoms with Crippen molar-refractivity contribution in [1.82, 2.24) is 31.1 Å². The first-order chi connectivity index (χ1) is 30.5. The van der Waals surface area contributed by atoms with E-state index >= 15 is 0 Å². The molecule has 0 radical (unpaired) electrons. The third-order valence-corrected chi connectivity index (χ3v) is 13.5. The lowest BCUT2D eigenvalue weighted by Gasteiger charge is -2.33. The monoisotopic (exact) mass is 859 g/mol. The molecule has 0 unspecified atom stereocenters. The Kier molecular flexibility index (Phi) is 15.0. The van der Waals surface area contributed by atoms with Crippen LogP contribution in [0.25, 0.3) is 0 Å². The summed E-state index contributed by atoms with van der Waals surface area (Å²) in [5, 5.41) is 12.4. The van der Waals surface area contributed by atoms with Gasteiger partial charge in [0.2, 0.25) is 23.6 Å². The van der Waals surface area contributed by atoms with Gasteiger partial charge in [0.15, 0.2) is 0 Å². The summed E-state index contributed by atoms with van der Waals surface area (Å²) in [6.07, 6.45) is 10.8. The van der Waals surface area contributed by atoms with E-state index in [2.05, 4.69) is 59.4 Å². The maximum absolute atomic E-state index is 14.3. The molecule has 6 amide bonds. The van der Waals surface area contributed by atoms with Gasteiger partial charge in [-0.15, -0.1) is 0 Å². The Labute approximate surface area is 372 Å². The molecule has 2 saturated carbocycles. The van der Waals surface area contributed by atoms with Gasteiger partial charge in [-0.25, -0.2) is 0 Å². The molecule has 336 valence electrons. The number of carbonyl (C=O) groups is 6. The van der Waals surface area contributed by atoms with Crippen molar-refractivity contribution in [3.8, 4) is 0 Å². The van der Waals surface area contributed by atoms with E-state index in [1.165, 1.54) is 0 Å². The molecular weight excluding hydrogens is 793 g/mol. The molecule has 7 rings (SSSR count). The topological polar surface area (TPSA) is 157 Å². The second kappa shape index (κ2) is 20.8. The average Bonchev–Trinajstić information content (AvgIpc) is 4.17. The summed E-state index contributed by atoms with van der Waals surface area (Å²) in [5.41, 5.74) is 2.31. The Morgan fingerprint density at radius 2 is 1.25 bits per heavy atom. The molecule has 0 spiro atoms. The molecule has 2 aliphatic carbocycles. The first-order valence-electron chi connectivity index (χ1n) is 23.5. The first-order valence-corrected chi connectivity index (χ1v) is 23.5. The van der Waals surface area contributed by atoms with Crippen molar-refractivity contribution in [2.24, 2.45) is 11.8 Å². The van der Waals surface area contributed by atoms with Gasteiger partial charge in [0.25, 0.3) is 11.8 Å². The fourth-order valence-electron chi connectivity index (χ4n) is 9.49. The lowest BCUT2D eigenvalue weighted by molar-refractivity contribution is -0.133. The number of carbonyl (C=O) groups excluding carboxylic acids is 6. The zero-order valence-electron chi connectivity index (χ0n) is 37.3. The Morgan fingerprint density at radius 1 is 0.698 bits per heavy atom. The third kappa shape index (κ3) is 11.4. The van der Waals surface area contributed by atoms with Gasteiger partial charge >= 0.3 is 0 Å². The SMILES string of the molecule is CCCCCCCC(=O)N[C@](C)(CN1Cc2ccc(C(=O)N3C[C@@H](C(=O)N[C@H]4C[C@@H]4c4ccccc4)[C@H](C(=O)N[C@H]4C[C@@H]4c4ccccc4)C3)cc2C1=O)C(=O)NCCCCCC. The lowest BCUT2D eigenvalue weighted by atomic mass is 9.94. The maximum atomic E-state index is 14.3. The molecule has 12 heteroatoms. The molecule has 12 nitrogen and oxygen atoms in total. The molecule has 3 fully saturated rings. The largest absolute Gasteiger partial charge is 0.354 e. The minimum absolute atomic E-state index is 0.0347. The summed E-state index contributed by atoms with van der Waals surface area (Å²) < 4.78 is 0. The van der Waals surface area contributed by atoms with Gasteiger partial charge < -0.3 is 31.1 Å². The van der Waals surface area contributed by atoms with E-state index in [0.29, 0.717) is 24.1 Å². The fraction of sp³-hybridized carbons (Fsp3) is 0.529. The number of benzene rings is 3. The van der Waals surface area contributed by atoms with Crippen LogP contribution in [0.15, 0.2) is 78.9 Å². The van der Waals surface area contributed by atoms with E-state index in [1.54, 1.807) is 34.9 Å². The molecule has 0 aromatic heterocycles. The van der Waals surface area contributed by atoms with E-state index in [9.17, 15) is 28.8 Å². The van der Waals surface area contributed by atoms with E-state index in [1.807, 2.05) is 36.4 Å². The number of nitrogens with one attached hydrogen (secondary N) is 4. The molecular formula is C51H66N6O6. The zero-order valence-corrected chi connectivity index (χ0v) is 37.3. The standard InChI is InChI=1S/C51H66N6O6/c1-4-6-8-10-17-23-45(58)55-51(3,50(63)52-26-18-9-7-5-2)33-57-30-37-25-24-36(27-40(37)49(57)62)48(61)56-31-41(46(59)53-43-28-38(43)34-19-13-11-14-20-34)42(32-56)47(60)54-44-29-39(44)35-21-15-12-16-22-35/h11-16,19-22,24-25,27,38-39,41-44H,4-10,17-18,23,26,28-33H2,1-3H3,(H,52,63)(H,53,59)(H,54,60)(H,55,58)/t38-,39-,41-,42-,43+,44+,51-/m1/s1. The Hall–Kier alpha value is -5.52. The first kappa shape index (κ1) is 45.5. The molecule has 0 bridgehead atoms. The van der Waals surface area contributed by atoms with Gasteiger partial charge in [0, 0.05) is 67.6 Å². The minimum atomic E-state index is -1.37. The smallest absolute Gasteiger partial charge is 0.254 e. The summed E-state index contributed by atoms with van der Waals surface area (Å²) >= 11 is 0. The number of fused-ring (bicyclic) bond motifs is 1. The Morgan fingerprint density at radius 3 is 1.83 bits per heavy atom. The third-order valence-electron chi connectivity index (χ3n) is 13.5. The predicted molar refractivity (Wildman–Crippen MR) is 243 cm³/mol. The molecule has 7 atom stereocenters. The highest BCUT2D eigenvalue weighted by Crippen LogP contribution is 2.43. The van der Waals surface area contributed by atoms with Crippen molar-refractivity contribution in [3.63, 3.8) is 0 Å². The fourth-order valence-corrected chi connectivity index (χ4v) is 9.49. The van der Waals surface area contributed by atoms with E-state index in [0.717, 1.165) is 81.8 Å². The van der Waals surface area contributed by atoms with Crippen molar-refractivity contribution in [1.29, 1.82) is 0 Å². The van der Waals surface area contributed by atoms with Crippen LogP contribution in [0.5, 0.6) is 0 Å². The van der Waals surface area contributed by atoms with Crippen LogP contribution in [-0.4, -0.2) is 89.0 Å². The Balaban J connectivity index is 1.02. The van der Waals surface area contributed by atoms with Gasteiger partial charge in [-0.2, -0.15) is 0 Å². The van der Waals surface area contributed by atoms with Crippen molar-refractivity contribution in [2.75, 3.05) is 26.2 Å². The molecule has 4 aliphatic rings. The van der Waals surface area contributed by atoms with Gasteiger partial charge in [0.1, 0.15) is 5.54 Å². The van der Waals surface area contributed by atoms with Gasteiger partial charge in [-0.3, -0.25) is 28.8 Å². The van der Waals surface area contributed by atoms with Crippen molar-refractivity contribution in [2.45, 2.75) is 134 Å². The number of unbranched alkanes of at least 4 members (excludes halogenated alkanes) is 7. The number of hydrogen-bond donors (Lipinski definition) is 4. The van der Waals surface area contributed by atoms with Crippen LogP contribution in [0.4, 0.5) is 0 Å². The zero-order chi connectivity index (χ0) is 44.5. The van der Waals surface area contributed by atoms with Crippen LogP contribution < -0.4 is 21.3 Å². The molecule has 2 aliphatic heterocycles. The van der Waals surface area contributed by atoms with Gasteiger partial charge in [-0.05, 0) is 61.4 Å². The van der Waals surface area contributed by atoms with Crippen LogP contribution >= 0.6 is 0 Å². The molecule has 63 heavy (non-hydrogen) atoms. The second-order valence-corrected chi connectivity index (χ2v) is 18.6. The van der Waals surface area contributed by atoms with E-state index in [4.69, 9.17) is 0 Å². The van der Waals surface area contributed by atoms with Gasteiger partial charge in [-0.1, -0.05) is 126 Å². The number of likely N-dealkylation sites (tertiary alicyclic amines) is 1. The van der Waals surface area contributed by atoms with E-state index in [-0.39, 0.29) is 91.1 Å². The average molecular weight is 859 g/mol. The van der Waals surface area contributed by atoms with Crippen LogP contribution in [0, 0.1) is 11.8 Å². The van der Waals surface area contributed by atoms with Crippen molar-refractivity contribution in [3.05, 3.63) is 107 Å². The molecule has 1 saturated heterocycles. The highest BCUT2D eigenvalue weighted by atomic mass is 16.2. The minimum Gasteiger partial charge on any atom is -0.354 e. The summed E-state index contributed by atoms with van der Waals surface area (Å²) in [7, 11) is 0. The molecule has 4 N–H and O–H groups in total. The second-order valence-electron chi connectivity index (χ2n) is 18.6. The van der Waals surface area contributed by atoms with Gasteiger partial charge in [0.05, 0.1) is 18.4 Å². The molecule has 2 heterocycles. The molecule has 3 aromatic rings. The maximum Gasteiger partial charge on any atom is 0.254 e. The normalized spacial score (nSPS) is 23.1. The Bertz CT molecular complexity index is 2040. The van der Waals surface area contributed by atoms with Crippen LogP contribution in [0.3, 0.4) is 0 Å². The lowest BCUT2D eigenvalue weighted by Crippen LogP contribution is -2.62. The highest BCUT2D eigenvalue weighted by molar-refractivity contribution is 6.03. The number of nitrogens with zero attached hydrogens (tertiary/aromatic N) is 2. The van der Waals surface area contributed by atoms with Crippen molar-refractivity contribution >= 4 is 35.4 Å². The van der Waals surface area contributed by atoms with E-state index < -0.39 is 17.4 Å². The van der Waals surface area contributed by atoms with Crippen LogP contribution in [0.1, 0.15) is 147 Å². The number of amides is 6. The van der Waals surface area contributed by atoms with Crippen LogP contribution in [-0.2, 0) is 25.7 Å². The highest BCUT2D eigenvalue weighted by Gasteiger charge is 2.49. The quantitative estimate of drug-likeness (QED) is 0.0834. The number of rotatable bonds is 22. The summed E-state index contributed by atoms with van der Waals surface area (Å²) in [5.74, 6) is -2.79. The number of hydrogen-bond acceptors (Lipinski definition) is 6. The summed E-state index contributed by atoms with van der Waals surface area (Å²) in [6.45, 7) is 6.75. The summed E-state index contributed by atoms with van der Waals surface area (Å²) in [6, 6.07) is 25.1. The van der Waals surface area contributed by atoms with Crippen molar-refractivity contribution < 1.29 is 28.8 Å². The predicted octanol–water partition coefficient (Wildman–Crippen LogP) is 6.61. The van der Waals surface area contributed by atoms with Crippen LogP contribution in [0.2, 0.25) is 0 Å².